The fourth-order valence-corrected chi connectivity index (χ4v) is 11.3. The first-order chi connectivity index (χ1) is 38.9. The molecule has 1 aliphatic carbocycles. The smallest absolute Gasteiger partial charge is 0.394 e. The lowest BCUT2D eigenvalue weighted by Crippen LogP contribution is -2.71. The van der Waals surface area contributed by atoms with Crippen LogP contribution >= 0.6 is 0 Å². The number of aliphatic hydroxyl groups is 13. The van der Waals surface area contributed by atoms with Crippen LogP contribution in [0.25, 0.3) is 0 Å². The number of carbonyl (C=O) groups excluding carboxylic acids is 4. The zero-order valence-electron chi connectivity index (χ0n) is 45.7. The summed E-state index contributed by atoms with van der Waals surface area (Å²) in [6, 6.07) is -8.04. The first-order valence-electron chi connectivity index (χ1n) is 26.5. The normalized spacial score (nSPS) is 45.2. The Bertz CT molecular complexity index is 2250. The van der Waals surface area contributed by atoms with Crippen molar-refractivity contribution in [3.05, 3.63) is 0 Å². The molecule has 0 aromatic rings. The molecule has 0 spiro atoms. The van der Waals surface area contributed by atoms with E-state index in [1.807, 2.05) is 0 Å². The minimum atomic E-state index is -5.32. The molecular formula is C46H79N5O31S. The molecule has 0 bridgehead atoms. The van der Waals surface area contributed by atoms with Gasteiger partial charge in [-0.2, -0.15) is 8.42 Å². The van der Waals surface area contributed by atoms with Crippen LogP contribution < -0.4 is 26.6 Å². The second-order valence-corrected chi connectivity index (χ2v) is 22.2. The summed E-state index contributed by atoms with van der Waals surface area (Å²) >= 11 is 0. The van der Waals surface area contributed by atoms with Gasteiger partial charge in [0, 0.05) is 33.6 Å². The van der Waals surface area contributed by atoms with Gasteiger partial charge in [-0.1, -0.05) is 0 Å². The van der Waals surface area contributed by atoms with Crippen LogP contribution in [0.4, 0.5) is 0 Å². The number of nitrogens with one attached hydrogen (secondary N) is 5. The lowest BCUT2D eigenvalue weighted by Gasteiger charge is -2.51. The highest BCUT2D eigenvalue weighted by Crippen LogP contribution is 2.38. The summed E-state index contributed by atoms with van der Waals surface area (Å²) in [5.41, 5.74) is 0. The summed E-state index contributed by atoms with van der Waals surface area (Å²) in [6.07, 6.45) is -42.3. The molecule has 6 fully saturated rings. The van der Waals surface area contributed by atoms with E-state index in [2.05, 4.69) is 26.6 Å². The summed E-state index contributed by atoms with van der Waals surface area (Å²) in [5, 5.41) is 155. The van der Waals surface area contributed by atoms with Crippen LogP contribution in [0.5, 0.6) is 0 Å². The Morgan fingerprint density at radius 2 is 0.904 bits per heavy atom. The average Bonchev–Trinajstić information content (AvgIpc) is 2.67. The number of rotatable bonds is 22. The van der Waals surface area contributed by atoms with E-state index in [1.165, 1.54) is 14.0 Å². The summed E-state index contributed by atoms with van der Waals surface area (Å²) < 4.78 is 98.2. The van der Waals surface area contributed by atoms with Crippen LogP contribution in [-0.4, -0.2) is 321 Å². The van der Waals surface area contributed by atoms with Crippen molar-refractivity contribution in [2.75, 3.05) is 40.1 Å². The topological polar surface area (TPSA) is 547 Å². The maximum atomic E-state index is 12.9. The zero-order valence-corrected chi connectivity index (χ0v) is 46.5. The van der Waals surface area contributed by atoms with Crippen molar-refractivity contribution in [2.45, 2.75) is 219 Å². The van der Waals surface area contributed by atoms with Gasteiger partial charge in [0.05, 0.1) is 63.4 Å². The molecule has 5 aliphatic heterocycles. The van der Waals surface area contributed by atoms with Crippen molar-refractivity contribution >= 4 is 34.0 Å². The number of aliphatic hydroxyl groups excluding tert-OH is 13. The van der Waals surface area contributed by atoms with Gasteiger partial charge in [0.25, 0.3) is 0 Å². The highest BCUT2D eigenvalue weighted by atomic mass is 32.3. The number of amides is 4. The SMILES string of the molecule is CNC1C(OC2C(CO)OC(OC3C(CO)OC(OC4C(COS(=O)(=O)O)CC(OC5C(COC6OC(C)C(O)C(O)C6O)OC(O)C(NC(C)=O)C5O)C(NC(C)=O)C4O)C(NC(C)=O)C3O)C(NC(C)=O)C2O)OC(CO)C(O)C1O. The van der Waals surface area contributed by atoms with Crippen LogP contribution in [0, 0.1) is 5.92 Å². The van der Waals surface area contributed by atoms with Gasteiger partial charge >= 0.3 is 10.4 Å². The molecular weight excluding hydrogens is 1150 g/mol. The third kappa shape index (κ3) is 16.5. The molecule has 0 radical (unpaired) electrons. The molecule has 6 rings (SSSR count). The molecule has 4 amide bonds. The Kier molecular flexibility index (Phi) is 24.6. The second-order valence-electron chi connectivity index (χ2n) is 21.1. The van der Waals surface area contributed by atoms with Crippen molar-refractivity contribution in [3.8, 4) is 0 Å². The monoisotopic (exact) mass is 1230 g/mol. The summed E-state index contributed by atoms with van der Waals surface area (Å²) in [4.78, 5) is 50.7. The summed E-state index contributed by atoms with van der Waals surface area (Å²) in [5.74, 6) is -4.82. The molecule has 6 aliphatic rings. The van der Waals surface area contributed by atoms with E-state index in [0.717, 1.165) is 27.7 Å². The number of carbonyl (C=O) groups is 4. The van der Waals surface area contributed by atoms with Crippen LogP contribution in [0.2, 0.25) is 0 Å². The first kappa shape index (κ1) is 68.9. The highest BCUT2D eigenvalue weighted by Gasteiger charge is 2.58. The Morgan fingerprint density at radius 3 is 1.39 bits per heavy atom. The van der Waals surface area contributed by atoms with Crippen LogP contribution in [0.15, 0.2) is 0 Å². The molecule has 36 nitrogen and oxygen atoms in total. The number of hydrogen-bond donors (Lipinski definition) is 19. The molecule has 5 heterocycles. The first-order valence-corrected chi connectivity index (χ1v) is 27.8. The summed E-state index contributed by atoms with van der Waals surface area (Å²) in [6.45, 7) is 0.839. The quantitative estimate of drug-likeness (QED) is 0.0448. The lowest BCUT2D eigenvalue weighted by molar-refractivity contribution is -0.358. The van der Waals surface area contributed by atoms with Gasteiger partial charge in [-0.3, -0.25) is 23.7 Å². The molecule has 1 saturated carbocycles. The molecule has 5 saturated heterocycles. The molecule has 83 heavy (non-hydrogen) atoms. The molecule has 19 N–H and O–H groups in total. The highest BCUT2D eigenvalue weighted by molar-refractivity contribution is 7.80. The van der Waals surface area contributed by atoms with Gasteiger partial charge in [0.1, 0.15) is 116 Å². The van der Waals surface area contributed by atoms with E-state index in [4.69, 9.17) is 51.6 Å². The van der Waals surface area contributed by atoms with Crippen molar-refractivity contribution < 1.29 is 150 Å². The molecule has 30 unspecified atom stereocenters. The lowest BCUT2D eigenvalue weighted by atomic mass is 9.79. The minimum absolute atomic E-state index is 0.594. The van der Waals surface area contributed by atoms with Crippen LogP contribution in [-0.2, 0) is 81.1 Å². The maximum Gasteiger partial charge on any atom is 0.397 e. The van der Waals surface area contributed by atoms with Gasteiger partial charge in [0.15, 0.2) is 31.5 Å². The predicted octanol–water partition coefficient (Wildman–Crippen LogP) is -11.8. The molecule has 30 atom stereocenters. The number of ether oxygens (including phenoxy) is 10. The van der Waals surface area contributed by atoms with E-state index >= 15 is 0 Å². The molecule has 0 aromatic carbocycles. The van der Waals surface area contributed by atoms with Crippen molar-refractivity contribution in [3.63, 3.8) is 0 Å². The third-order valence-electron chi connectivity index (χ3n) is 15.1. The van der Waals surface area contributed by atoms with E-state index in [-0.39, 0.29) is 0 Å². The summed E-state index contributed by atoms with van der Waals surface area (Å²) in [7, 11) is -3.94. The fraction of sp³-hybridized carbons (Fsp3) is 0.913. The zero-order chi connectivity index (χ0) is 61.7. The van der Waals surface area contributed by atoms with E-state index < -0.39 is 257 Å². The Balaban J connectivity index is 1.29. The van der Waals surface area contributed by atoms with Gasteiger partial charge < -0.3 is 140 Å². The van der Waals surface area contributed by atoms with Gasteiger partial charge in [-0.25, -0.2) is 4.18 Å². The van der Waals surface area contributed by atoms with Crippen LogP contribution in [0.1, 0.15) is 41.0 Å². The average molecular weight is 1230 g/mol. The molecule has 480 valence electrons. The fourth-order valence-electron chi connectivity index (χ4n) is 11.0. The van der Waals surface area contributed by atoms with Crippen molar-refractivity contribution in [1.82, 2.24) is 26.6 Å². The van der Waals surface area contributed by atoms with Gasteiger partial charge in [0.2, 0.25) is 23.6 Å². The van der Waals surface area contributed by atoms with Crippen molar-refractivity contribution in [1.29, 1.82) is 0 Å². The number of likely N-dealkylation sites (N-methyl/N-ethyl adjacent to an activating group) is 1. The Hall–Kier alpha value is -3.21. The van der Waals surface area contributed by atoms with E-state index in [9.17, 15) is 98.5 Å². The van der Waals surface area contributed by atoms with Crippen LogP contribution in [0.3, 0.4) is 0 Å². The van der Waals surface area contributed by atoms with Gasteiger partial charge in [-0.15, -0.1) is 0 Å². The third-order valence-corrected chi connectivity index (χ3v) is 15.5. The van der Waals surface area contributed by atoms with Crippen molar-refractivity contribution in [2.24, 2.45) is 5.92 Å². The maximum absolute atomic E-state index is 12.9. The Labute approximate surface area is 474 Å². The predicted molar refractivity (Wildman–Crippen MR) is 265 cm³/mol. The van der Waals surface area contributed by atoms with E-state index in [0.29, 0.717) is 0 Å². The minimum Gasteiger partial charge on any atom is -0.394 e. The second kappa shape index (κ2) is 29.7. The number of hydrogen-bond acceptors (Lipinski definition) is 31. The standard InChI is InChI=1S/C46H79N5O31S/c1-13-29(59)36(66)37(67)46(74-13)72-12-23-41(33(63)25(42(68)76-23)49-15(3)56)75-19-7-18(11-73-83(69,70)71)38(32(62)24(19)48-14(2)55)80-44-27(50-16(4)57)34(64)40(22(10-54)78-44)82-45-28(51-17(5)58)35(65)39(21(9-53)79-45)81-43-26(47-6)31(61)30(60)20(8-52)77-43/h13,18-47,52-54,59-68H,7-12H2,1-6H3,(H,48,55)(H,49,56)(H,50,57)(H,51,58)(H,69,70,71). The molecule has 0 aromatic heterocycles. The van der Waals surface area contributed by atoms with E-state index in [1.54, 1.807) is 0 Å². The molecule has 37 heteroatoms. The Morgan fingerprint density at radius 1 is 0.470 bits per heavy atom. The van der Waals surface area contributed by atoms with Gasteiger partial charge in [-0.05, 0) is 20.4 Å². The largest absolute Gasteiger partial charge is 0.397 e.